The van der Waals surface area contributed by atoms with Crippen LogP contribution < -0.4 is 0 Å². The molecule has 0 aromatic rings. The highest BCUT2D eigenvalue weighted by Gasteiger charge is 2.30. The first-order chi connectivity index (χ1) is 48.6. The highest BCUT2D eigenvalue weighted by molar-refractivity contribution is 7.47. The van der Waals surface area contributed by atoms with Crippen LogP contribution in [0.15, 0.2) is 0 Å². The molecule has 101 heavy (non-hydrogen) atoms. The van der Waals surface area contributed by atoms with Crippen LogP contribution in [0.2, 0.25) is 0 Å². The Morgan fingerprint density at radius 3 is 0.703 bits per heavy atom. The minimum atomic E-state index is -4.96. The average molecular weight is 1480 g/mol. The lowest BCUT2D eigenvalue weighted by Crippen LogP contribution is -2.30. The first kappa shape index (κ1) is 99.1. The topological polar surface area (TPSA) is 237 Å². The number of esters is 4. The molecule has 0 aliphatic rings. The van der Waals surface area contributed by atoms with Crippen LogP contribution in [0, 0.1) is 23.7 Å². The van der Waals surface area contributed by atoms with Crippen molar-refractivity contribution in [3.05, 3.63) is 0 Å². The number of aliphatic hydroxyl groups is 1. The maximum atomic E-state index is 13.1. The van der Waals surface area contributed by atoms with Crippen LogP contribution in [-0.4, -0.2) is 96.7 Å². The van der Waals surface area contributed by atoms with Gasteiger partial charge in [-0.2, -0.15) is 0 Å². The van der Waals surface area contributed by atoms with E-state index in [9.17, 15) is 43.2 Å². The van der Waals surface area contributed by atoms with E-state index in [1.54, 1.807) is 0 Å². The Balaban J connectivity index is 5.23. The molecular weight excluding hydrogens is 1320 g/mol. The van der Waals surface area contributed by atoms with E-state index in [0.29, 0.717) is 31.6 Å². The van der Waals surface area contributed by atoms with Crippen LogP contribution in [0.25, 0.3) is 0 Å². The predicted octanol–water partition coefficient (Wildman–Crippen LogP) is 24.4. The Kier molecular flexibility index (Phi) is 69.6. The van der Waals surface area contributed by atoms with E-state index >= 15 is 0 Å². The fourth-order valence-corrected chi connectivity index (χ4v) is 14.2. The van der Waals surface area contributed by atoms with Gasteiger partial charge in [0, 0.05) is 25.7 Å². The summed E-state index contributed by atoms with van der Waals surface area (Å²) in [5.41, 5.74) is 0. The largest absolute Gasteiger partial charge is 0.472 e. The summed E-state index contributed by atoms with van der Waals surface area (Å²) in [6.07, 6.45) is 58.4. The van der Waals surface area contributed by atoms with E-state index in [-0.39, 0.29) is 25.7 Å². The van der Waals surface area contributed by atoms with Crippen molar-refractivity contribution in [3.63, 3.8) is 0 Å². The first-order valence-electron chi connectivity index (χ1n) is 42.2. The molecule has 600 valence electrons. The number of hydrogen-bond acceptors (Lipinski definition) is 15. The van der Waals surface area contributed by atoms with Gasteiger partial charge in [-0.05, 0) is 49.4 Å². The van der Waals surface area contributed by atoms with Gasteiger partial charge in [-0.25, -0.2) is 9.13 Å². The highest BCUT2D eigenvalue weighted by Crippen LogP contribution is 2.45. The first-order valence-corrected chi connectivity index (χ1v) is 45.2. The number of aliphatic hydroxyl groups excluding tert-OH is 1. The summed E-state index contributed by atoms with van der Waals surface area (Å²) in [5.74, 6) is 1.00. The molecule has 6 atom stereocenters. The van der Waals surface area contributed by atoms with E-state index in [1.807, 2.05) is 0 Å². The molecule has 0 bridgehead atoms. The molecule has 0 fully saturated rings. The van der Waals surface area contributed by atoms with E-state index in [1.165, 1.54) is 218 Å². The minimum absolute atomic E-state index is 0.106. The molecular formula is C82H160O17P2. The molecule has 0 rings (SSSR count). The third-order valence-corrected chi connectivity index (χ3v) is 21.3. The number of phosphoric acid groups is 2. The summed E-state index contributed by atoms with van der Waals surface area (Å²) in [5, 5.41) is 10.6. The number of carbonyl (C=O) groups is 4. The molecule has 0 saturated carbocycles. The van der Waals surface area contributed by atoms with Crippen molar-refractivity contribution in [1.29, 1.82) is 0 Å². The SMILES string of the molecule is CCC(C)CCCCCCCCCCCCCCCCC(=O)O[C@H](COC(=O)CCCCCCCCCCCCCCCCCCC(C)C)COP(=O)(O)OC[C@@H](O)COP(=O)(O)OC[C@@H](COC(=O)CCCCCCCCC(C)C)OC(=O)CCCCCCCCCCCCCCC(C)C. The van der Waals surface area contributed by atoms with Crippen molar-refractivity contribution in [2.24, 2.45) is 23.7 Å². The van der Waals surface area contributed by atoms with Crippen LogP contribution in [0.1, 0.15) is 421 Å². The summed E-state index contributed by atoms with van der Waals surface area (Å²) >= 11 is 0. The molecule has 0 aliphatic heterocycles. The van der Waals surface area contributed by atoms with E-state index in [4.69, 9.17) is 37.0 Å². The fourth-order valence-electron chi connectivity index (χ4n) is 12.6. The van der Waals surface area contributed by atoms with Gasteiger partial charge in [0.15, 0.2) is 12.2 Å². The van der Waals surface area contributed by atoms with Crippen LogP contribution in [0.4, 0.5) is 0 Å². The van der Waals surface area contributed by atoms with Gasteiger partial charge in [-0.1, -0.05) is 370 Å². The van der Waals surface area contributed by atoms with E-state index in [0.717, 1.165) is 114 Å². The maximum absolute atomic E-state index is 13.1. The number of phosphoric ester groups is 2. The Morgan fingerprint density at radius 1 is 0.277 bits per heavy atom. The molecule has 3 unspecified atom stereocenters. The van der Waals surface area contributed by atoms with Crippen molar-refractivity contribution in [3.8, 4) is 0 Å². The number of ether oxygens (including phenoxy) is 4. The normalized spacial score (nSPS) is 14.3. The average Bonchev–Trinajstić information content (AvgIpc) is 0.918. The molecule has 0 heterocycles. The van der Waals surface area contributed by atoms with Gasteiger partial charge < -0.3 is 33.8 Å². The quantitative estimate of drug-likeness (QED) is 0.0222. The second-order valence-corrected chi connectivity index (χ2v) is 34.1. The van der Waals surface area contributed by atoms with Crippen molar-refractivity contribution in [2.75, 3.05) is 39.6 Å². The lowest BCUT2D eigenvalue weighted by atomic mass is 9.99. The molecule has 0 aromatic carbocycles. The van der Waals surface area contributed by atoms with Crippen molar-refractivity contribution >= 4 is 39.5 Å². The predicted molar refractivity (Wildman–Crippen MR) is 414 cm³/mol. The molecule has 0 saturated heterocycles. The van der Waals surface area contributed by atoms with Gasteiger partial charge >= 0.3 is 39.5 Å². The third kappa shape index (κ3) is 74.7. The number of unbranched alkanes of at least 4 members (excludes halogenated alkanes) is 44. The van der Waals surface area contributed by atoms with Gasteiger partial charge in [0.05, 0.1) is 26.4 Å². The minimum Gasteiger partial charge on any atom is -0.462 e. The summed E-state index contributed by atoms with van der Waals surface area (Å²) in [6, 6.07) is 0. The van der Waals surface area contributed by atoms with Crippen LogP contribution in [0.3, 0.4) is 0 Å². The summed E-state index contributed by atoms with van der Waals surface area (Å²) in [6.45, 7) is 14.3. The number of carbonyl (C=O) groups excluding carboxylic acids is 4. The molecule has 3 N–H and O–H groups in total. The van der Waals surface area contributed by atoms with Gasteiger partial charge in [0.25, 0.3) is 0 Å². The number of rotatable bonds is 79. The lowest BCUT2D eigenvalue weighted by molar-refractivity contribution is -0.161. The fraction of sp³-hybridized carbons (Fsp3) is 0.951. The molecule has 0 radical (unpaired) electrons. The molecule has 19 heteroatoms. The Morgan fingerprint density at radius 2 is 0.475 bits per heavy atom. The van der Waals surface area contributed by atoms with Crippen LogP contribution in [0.5, 0.6) is 0 Å². The van der Waals surface area contributed by atoms with Gasteiger partial charge in [-0.15, -0.1) is 0 Å². The summed E-state index contributed by atoms with van der Waals surface area (Å²) in [7, 11) is -9.92. The maximum Gasteiger partial charge on any atom is 0.472 e. The second kappa shape index (κ2) is 71.0. The standard InChI is InChI=1S/C82H160O17P2/c1-9-75(8)61-53-45-36-30-24-17-14-15-19-26-32-38-48-56-64-81(86)98-77(68-92-79(84)62-54-46-37-31-25-18-13-11-10-12-16-22-28-34-42-50-58-72(2)3)70-96-100(88,89)94-66-76(83)67-95-101(90,91)97-71-78(69-93-80(85)63-55-47-41-40-44-52-60-74(6)7)99-82(87)65-57-49-39-33-27-21-20-23-29-35-43-51-59-73(4)5/h72-78,83H,9-71H2,1-8H3,(H,88,89)(H,90,91)/t75?,76-,77-,78-/m1/s1. The van der Waals surface area contributed by atoms with E-state index in [2.05, 4.69) is 55.4 Å². The lowest BCUT2D eigenvalue weighted by Gasteiger charge is -2.21. The van der Waals surface area contributed by atoms with Crippen molar-refractivity contribution in [2.45, 2.75) is 440 Å². The van der Waals surface area contributed by atoms with Gasteiger partial charge in [0.1, 0.15) is 19.3 Å². The smallest absolute Gasteiger partial charge is 0.462 e. The van der Waals surface area contributed by atoms with Crippen molar-refractivity contribution in [1.82, 2.24) is 0 Å². The Bertz CT molecular complexity index is 1970. The number of hydrogen-bond donors (Lipinski definition) is 3. The Labute approximate surface area is 619 Å². The molecule has 0 spiro atoms. The van der Waals surface area contributed by atoms with Crippen LogP contribution in [-0.2, 0) is 65.4 Å². The monoisotopic (exact) mass is 1480 g/mol. The van der Waals surface area contributed by atoms with E-state index < -0.39 is 97.5 Å². The zero-order valence-corrected chi connectivity index (χ0v) is 68.3. The molecule has 0 aliphatic carbocycles. The molecule has 0 aromatic heterocycles. The van der Waals surface area contributed by atoms with Crippen molar-refractivity contribution < 1.29 is 80.2 Å². The zero-order chi connectivity index (χ0) is 74.6. The summed E-state index contributed by atoms with van der Waals surface area (Å²) < 4.78 is 68.7. The molecule has 17 nitrogen and oxygen atoms in total. The Hall–Kier alpha value is -1.94. The van der Waals surface area contributed by atoms with Crippen LogP contribution >= 0.6 is 15.6 Å². The van der Waals surface area contributed by atoms with Gasteiger partial charge in [-0.3, -0.25) is 37.3 Å². The zero-order valence-electron chi connectivity index (χ0n) is 66.5. The second-order valence-electron chi connectivity index (χ2n) is 31.2. The summed E-state index contributed by atoms with van der Waals surface area (Å²) in [4.78, 5) is 73.0. The van der Waals surface area contributed by atoms with Gasteiger partial charge in [0.2, 0.25) is 0 Å². The highest BCUT2D eigenvalue weighted by atomic mass is 31.2. The third-order valence-electron chi connectivity index (χ3n) is 19.4. The molecule has 0 amide bonds.